The maximum Gasteiger partial charge on any atom is 0.223 e. The lowest BCUT2D eigenvalue weighted by Crippen LogP contribution is -2.38. The number of anilines is 2. The Morgan fingerprint density at radius 3 is 2.74 bits per heavy atom. The van der Waals surface area contributed by atoms with E-state index in [2.05, 4.69) is 52.3 Å². The van der Waals surface area contributed by atoms with Crippen LogP contribution in [0.2, 0.25) is 0 Å². The lowest BCUT2D eigenvalue weighted by molar-refractivity contribution is -0.00658. The first-order chi connectivity index (χ1) is 16.4. The second kappa shape index (κ2) is 10.0. The van der Waals surface area contributed by atoms with Crippen LogP contribution in [0.5, 0.6) is 5.75 Å². The molecule has 0 spiro atoms. The van der Waals surface area contributed by atoms with Gasteiger partial charge in [-0.05, 0) is 70.7 Å². The van der Waals surface area contributed by atoms with Crippen LogP contribution >= 0.6 is 0 Å². The van der Waals surface area contributed by atoms with Crippen LogP contribution in [-0.2, 0) is 4.74 Å². The molecule has 0 saturated carbocycles. The molecule has 8 heteroatoms. The van der Waals surface area contributed by atoms with E-state index in [1.165, 1.54) is 0 Å². The summed E-state index contributed by atoms with van der Waals surface area (Å²) < 4.78 is 11.9. The number of nitrogens with zero attached hydrogens (tertiary/aromatic N) is 4. The fourth-order valence-electron chi connectivity index (χ4n) is 4.05. The molecule has 0 radical (unpaired) electrons. The first-order valence-electron chi connectivity index (χ1n) is 11.7. The number of rotatable bonds is 6. The number of allylic oxidation sites excluding steroid dienone is 2. The van der Waals surface area contributed by atoms with Gasteiger partial charge in [-0.2, -0.15) is 5.26 Å². The Labute approximate surface area is 201 Å². The predicted octanol–water partition coefficient (Wildman–Crippen LogP) is 4.97. The summed E-state index contributed by atoms with van der Waals surface area (Å²) >= 11 is 0. The number of aromatic nitrogens is 2. The maximum atomic E-state index is 9.78. The van der Waals surface area contributed by atoms with E-state index in [0.29, 0.717) is 34.8 Å². The van der Waals surface area contributed by atoms with Gasteiger partial charge in [0.25, 0.3) is 0 Å². The van der Waals surface area contributed by atoms with Gasteiger partial charge in [0.15, 0.2) is 11.6 Å². The minimum absolute atomic E-state index is 0.206. The Morgan fingerprint density at radius 1 is 1.29 bits per heavy atom. The van der Waals surface area contributed by atoms with Gasteiger partial charge in [0.1, 0.15) is 17.2 Å². The van der Waals surface area contributed by atoms with Gasteiger partial charge in [-0.25, -0.2) is 9.97 Å². The van der Waals surface area contributed by atoms with Crippen molar-refractivity contribution in [2.45, 2.75) is 46.1 Å². The Bertz CT molecular complexity index is 1090. The largest absolute Gasteiger partial charge is 0.474 e. The van der Waals surface area contributed by atoms with Crippen LogP contribution in [0.15, 0.2) is 54.4 Å². The highest BCUT2D eigenvalue weighted by Gasteiger charge is 2.25. The Morgan fingerprint density at radius 2 is 2.06 bits per heavy atom. The molecule has 4 rings (SSSR count). The predicted molar refractivity (Wildman–Crippen MR) is 133 cm³/mol. The van der Waals surface area contributed by atoms with Crippen molar-refractivity contribution in [1.29, 1.82) is 5.26 Å². The number of nitrogens with one attached hydrogen (secondary N) is 2. The van der Waals surface area contributed by atoms with Crippen LogP contribution in [0, 0.1) is 17.2 Å². The Kier molecular flexibility index (Phi) is 6.92. The van der Waals surface area contributed by atoms with Gasteiger partial charge in [-0.3, -0.25) is 0 Å². The summed E-state index contributed by atoms with van der Waals surface area (Å²) in [7, 11) is 0. The van der Waals surface area contributed by atoms with Crippen molar-refractivity contribution >= 4 is 17.2 Å². The molecule has 1 fully saturated rings. The van der Waals surface area contributed by atoms with E-state index in [0.717, 1.165) is 44.0 Å². The van der Waals surface area contributed by atoms with Crippen molar-refractivity contribution in [1.82, 2.24) is 14.9 Å². The molecule has 0 amide bonds. The number of hydrogen-bond acceptors (Lipinski definition) is 8. The molecule has 2 aliphatic rings. The molecular weight excluding hydrogens is 428 g/mol. The van der Waals surface area contributed by atoms with Gasteiger partial charge < -0.3 is 25.0 Å². The van der Waals surface area contributed by atoms with Gasteiger partial charge in [0.2, 0.25) is 11.8 Å². The van der Waals surface area contributed by atoms with Crippen LogP contribution in [0.3, 0.4) is 0 Å². The zero-order valence-corrected chi connectivity index (χ0v) is 20.3. The highest BCUT2D eigenvalue weighted by molar-refractivity contribution is 5.81. The molecule has 8 nitrogen and oxygen atoms in total. The van der Waals surface area contributed by atoms with E-state index in [4.69, 9.17) is 9.47 Å². The highest BCUT2D eigenvalue weighted by atomic mass is 16.5. The molecule has 0 aliphatic carbocycles. The fourth-order valence-corrected chi connectivity index (χ4v) is 4.05. The maximum absolute atomic E-state index is 9.78. The summed E-state index contributed by atoms with van der Waals surface area (Å²) in [6, 6.07) is 11.5. The molecule has 178 valence electrons. The average molecular weight is 461 g/mol. The van der Waals surface area contributed by atoms with Crippen LogP contribution in [0.25, 0.3) is 5.57 Å². The number of nitriles is 1. The molecule has 0 bridgehead atoms. The summed E-state index contributed by atoms with van der Waals surface area (Å²) in [5, 5.41) is 16.3. The van der Waals surface area contributed by atoms with E-state index in [1.807, 2.05) is 37.3 Å². The van der Waals surface area contributed by atoms with Gasteiger partial charge in [-0.15, -0.1) is 0 Å². The minimum Gasteiger partial charge on any atom is -0.474 e. The van der Waals surface area contributed by atoms with E-state index in [1.54, 1.807) is 12.3 Å². The van der Waals surface area contributed by atoms with Crippen LogP contribution in [-0.4, -0.2) is 40.1 Å². The first-order valence-corrected chi connectivity index (χ1v) is 11.7. The molecule has 34 heavy (non-hydrogen) atoms. The Balaban J connectivity index is 1.35. The van der Waals surface area contributed by atoms with Crippen molar-refractivity contribution in [3.63, 3.8) is 0 Å². The van der Waals surface area contributed by atoms with Crippen molar-refractivity contribution in [3.8, 4) is 11.8 Å². The topological polar surface area (TPSA) is 95.3 Å². The lowest BCUT2D eigenvalue weighted by Gasteiger charge is -2.37. The SMILES string of the molecule is C/C=C(\OC(C)(C)C)N1CCC(CNc2nccc(/C(C#N)=C3/Nc4ccccc4O3)n2)CC1. The molecule has 2 aliphatic heterocycles. The second-order valence-corrected chi connectivity index (χ2v) is 9.46. The first kappa shape index (κ1) is 23.4. The van der Waals surface area contributed by atoms with E-state index < -0.39 is 0 Å². The molecular formula is C26H32N6O2. The third-order valence-corrected chi connectivity index (χ3v) is 5.73. The number of hydrogen-bond donors (Lipinski definition) is 2. The molecule has 3 heterocycles. The van der Waals surface area contributed by atoms with Gasteiger partial charge >= 0.3 is 0 Å². The normalized spacial score (nSPS) is 17.9. The van der Waals surface area contributed by atoms with Gasteiger partial charge in [0.05, 0.1) is 11.4 Å². The molecule has 2 N–H and O–H groups in total. The summed E-state index contributed by atoms with van der Waals surface area (Å²) in [6.45, 7) is 10.9. The number of ether oxygens (including phenoxy) is 2. The number of para-hydroxylation sites is 2. The van der Waals surface area contributed by atoms with Crippen LogP contribution < -0.4 is 15.4 Å². The monoisotopic (exact) mass is 460 g/mol. The summed E-state index contributed by atoms with van der Waals surface area (Å²) in [5.41, 5.74) is 1.48. The molecule has 1 saturated heterocycles. The average Bonchev–Trinajstić information content (AvgIpc) is 3.25. The molecule has 1 aromatic heterocycles. The number of likely N-dealkylation sites (tertiary alicyclic amines) is 1. The molecule has 0 unspecified atom stereocenters. The summed E-state index contributed by atoms with van der Waals surface area (Å²) in [6.07, 6.45) is 5.82. The molecule has 1 aromatic carbocycles. The fraction of sp³-hybridized carbons (Fsp3) is 0.423. The quantitative estimate of drug-likeness (QED) is 0.461. The Hall–Kier alpha value is -3.73. The highest BCUT2D eigenvalue weighted by Crippen LogP contribution is 2.35. The van der Waals surface area contributed by atoms with Crippen LogP contribution in [0.4, 0.5) is 11.6 Å². The zero-order chi connectivity index (χ0) is 24.1. The lowest BCUT2D eigenvalue weighted by atomic mass is 9.97. The van der Waals surface area contributed by atoms with Crippen LogP contribution in [0.1, 0.15) is 46.2 Å². The smallest absolute Gasteiger partial charge is 0.223 e. The van der Waals surface area contributed by atoms with Crippen molar-refractivity contribution in [3.05, 3.63) is 60.1 Å². The molecule has 0 atom stereocenters. The van der Waals surface area contributed by atoms with Gasteiger partial charge in [0, 0.05) is 25.8 Å². The summed E-state index contributed by atoms with van der Waals surface area (Å²) in [4.78, 5) is 11.2. The van der Waals surface area contributed by atoms with E-state index >= 15 is 0 Å². The van der Waals surface area contributed by atoms with Crippen molar-refractivity contribution in [2.24, 2.45) is 5.92 Å². The molecule has 2 aromatic rings. The number of piperidine rings is 1. The van der Waals surface area contributed by atoms with E-state index in [9.17, 15) is 5.26 Å². The van der Waals surface area contributed by atoms with Gasteiger partial charge in [-0.1, -0.05) is 12.1 Å². The van der Waals surface area contributed by atoms with Crippen molar-refractivity contribution in [2.75, 3.05) is 30.3 Å². The number of fused-ring (bicyclic) bond motifs is 1. The third kappa shape index (κ3) is 5.60. The standard InChI is InChI=1S/C26H32N6O2/c1-5-23(34-26(2,3)4)32-14-11-18(12-15-32)17-29-25-28-13-10-20(31-25)19(16-27)24-30-21-8-6-7-9-22(21)33-24/h5-10,13,18,30H,11-12,14-15,17H2,1-4H3,(H,28,29,31)/b23-5-,24-19-. The number of benzene rings is 1. The zero-order valence-electron chi connectivity index (χ0n) is 20.3. The second-order valence-electron chi connectivity index (χ2n) is 9.46. The minimum atomic E-state index is -0.206. The van der Waals surface area contributed by atoms with Crippen molar-refractivity contribution < 1.29 is 9.47 Å². The van der Waals surface area contributed by atoms with E-state index in [-0.39, 0.29) is 5.60 Å². The third-order valence-electron chi connectivity index (χ3n) is 5.73. The summed E-state index contributed by atoms with van der Waals surface area (Å²) in [5.74, 6) is 3.06.